The summed E-state index contributed by atoms with van der Waals surface area (Å²) in [6, 6.07) is 13.4. The number of ether oxygens (including phenoxy) is 4. The summed E-state index contributed by atoms with van der Waals surface area (Å²) in [7, 11) is 0. The first kappa shape index (κ1) is 22.1. The summed E-state index contributed by atoms with van der Waals surface area (Å²) in [5.41, 5.74) is 0.910. The molecule has 1 heterocycles. The molecule has 0 N–H and O–H groups in total. The van der Waals surface area contributed by atoms with Gasteiger partial charge in [-0.1, -0.05) is 18.2 Å². The van der Waals surface area contributed by atoms with E-state index in [0.717, 1.165) is 21.8 Å². The topological polar surface area (TPSA) is 58.9 Å². The van der Waals surface area contributed by atoms with Crippen molar-refractivity contribution in [3.8, 4) is 5.75 Å². The molecule has 2 aromatic carbocycles. The first-order valence-electron chi connectivity index (χ1n) is 10.0. The number of benzene rings is 2. The number of carbonyl (C=O) groups excluding carboxylic acids is 1. The number of nitrogens with zero attached hydrogens (tertiary/aromatic N) is 1. The summed E-state index contributed by atoms with van der Waals surface area (Å²) in [4.78, 5) is 12.9. The molecule has 0 fully saturated rings. The van der Waals surface area contributed by atoms with Gasteiger partial charge in [0.2, 0.25) is 0 Å². The van der Waals surface area contributed by atoms with E-state index in [-0.39, 0.29) is 6.61 Å². The van der Waals surface area contributed by atoms with Gasteiger partial charge in [0.15, 0.2) is 0 Å². The molecule has 7 heteroatoms. The Morgan fingerprint density at radius 3 is 2.30 bits per heavy atom. The fourth-order valence-corrected chi connectivity index (χ4v) is 3.14. The third-order valence-electron chi connectivity index (χ3n) is 4.31. The van der Waals surface area contributed by atoms with E-state index < -0.39 is 18.4 Å². The molecule has 0 saturated heterocycles. The molecule has 3 aromatic rings. The van der Waals surface area contributed by atoms with Crippen LogP contribution in [0.3, 0.4) is 0 Å². The normalized spacial score (nSPS) is 11.9. The van der Waals surface area contributed by atoms with Crippen molar-refractivity contribution in [3.63, 3.8) is 0 Å². The molecule has 0 bridgehead atoms. The number of fused-ring (bicyclic) bond motifs is 3. The first-order valence-corrected chi connectivity index (χ1v) is 10.0. The SMILES string of the molecule is CC(C)(C)OC(=O)n1c2ccccc2c2ccc(OCCOCCOCCF)cc21. The third kappa shape index (κ3) is 5.49. The molecule has 0 amide bonds. The zero-order chi connectivity index (χ0) is 21.6. The van der Waals surface area contributed by atoms with Crippen molar-refractivity contribution >= 4 is 27.9 Å². The van der Waals surface area contributed by atoms with Gasteiger partial charge in [-0.25, -0.2) is 13.8 Å². The van der Waals surface area contributed by atoms with Gasteiger partial charge in [0, 0.05) is 16.8 Å². The minimum atomic E-state index is -0.603. The van der Waals surface area contributed by atoms with Crippen molar-refractivity contribution in [1.29, 1.82) is 0 Å². The van der Waals surface area contributed by atoms with Crippen molar-refractivity contribution in [2.24, 2.45) is 0 Å². The Bertz CT molecular complexity index is 992. The van der Waals surface area contributed by atoms with Crippen LogP contribution in [-0.2, 0) is 14.2 Å². The standard InChI is InChI=1S/C23H28FNO5/c1-23(2,3)30-22(26)25-20-7-5-4-6-18(20)19-9-8-17(16-21(19)25)29-15-14-28-13-12-27-11-10-24/h4-9,16H,10-15H2,1-3H3. The molecule has 0 aliphatic carbocycles. The highest BCUT2D eigenvalue weighted by Gasteiger charge is 2.22. The highest BCUT2D eigenvalue weighted by Crippen LogP contribution is 2.32. The van der Waals surface area contributed by atoms with Crippen LogP contribution in [0.1, 0.15) is 20.8 Å². The predicted octanol–water partition coefficient (Wildman–Crippen LogP) is 4.96. The number of alkyl halides is 1. The summed E-state index contributed by atoms with van der Waals surface area (Å²) >= 11 is 0. The number of hydrogen-bond donors (Lipinski definition) is 0. The van der Waals surface area contributed by atoms with Gasteiger partial charge in [-0.3, -0.25) is 0 Å². The van der Waals surface area contributed by atoms with Gasteiger partial charge in [0.25, 0.3) is 0 Å². The van der Waals surface area contributed by atoms with E-state index >= 15 is 0 Å². The van der Waals surface area contributed by atoms with Crippen LogP contribution in [0.25, 0.3) is 21.8 Å². The molecule has 30 heavy (non-hydrogen) atoms. The van der Waals surface area contributed by atoms with Crippen LogP contribution in [0.5, 0.6) is 5.75 Å². The van der Waals surface area contributed by atoms with Gasteiger partial charge in [-0.2, -0.15) is 0 Å². The van der Waals surface area contributed by atoms with Crippen molar-refractivity contribution in [2.45, 2.75) is 26.4 Å². The van der Waals surface area contributed by atoms with Gasteiger partial charge < -0.3 is 18.9 Å². The van der Waals surface area contributed by atoms with Crippen LogP contribution in [0.15, 0.2) is 42.5 Å². The smallest absolute Gasteiger partial charge is 0.419 e. The van der Waals surface area contributed by atoms with E-state index in [4.69, 9.17) is 18.9 Å². The molecule has 0 aliphatic rings. The van der Waals surface area contributed by atoms with Gasteiger partial charge in [-0.05, 0) is 39.0 Å². The molecule has 3 rings (SSSR count). The van der Waals surface area contributed by atoms with Crippen molar-refractivity contribution in [3.05, 3.63) is 42.5 Å². The Balaban J connectivity index is 1.75. The maximum absolute atomic E-state index is 12.9. The molecule has 6 nitrogen and oxygen atoms in total. The molecule has 0 aliphatic heterocycles. The number of hydrogen-bond acceptors (Lipinski definition) is 5. The van der Waals surface area contributed by atoms with E-state index in [9.17, 15) is 9.18 Å². The van der Waals surface area contributed by atoms with Crippen LogP contribution in [0.2, 0.25) is 0 Å². The Hall–Kier alpha value is -2.64. The second-order valence-electron chi connectivity index (χ2n) is 7.77. The minimum absolute atomic E-state index is 0.0888. The third-order valence-corrected chi connectivity index (χ3v) is 4.31. The zero-order valence-corrected chi connectivity index (χ0v) is 17.7. The highest BCUT2D eigenvalue weighted by molar-refractivity contribution is 6.12. The lowest BCUT2D eigenvalue weighted by Gasteiger charge is -2.20. The van der Waals surface area contributed by atoms with Crippen molar-refractivity contribution in [1.82, 2.24) is 4.57 Å². The van der Waals surface area contributed by atoms with Crippen molar-refractivity contribution in [2.75, 3.05) is 39.7 Å². The zero-order valence-electron chi connectivity index (χ0n) is 17.7. The van der Waals surface area contributed by atoms with Crippen LogP contribution in [0.4, 0.5) is 9.18 Å². The minimum Gasteiger partial charge on any atom is -0.491 e. The second-order valence-corrected chi connectivity index (χ2v) is 7.77. The highest BCUT2D eigenvalue weighted by atomic mass is 19.1. The van der Waals surface area contributed by atoms with Gasteiger partial charge >= 0.3 is 6.09 Å². The van der Waals surface area contributed by atoms with Crippen LogP contribution < -0.4 is 4.74 Å². The maximum Gasteiger partial charge on any atom is 0.419 e. The lowest BCUT2D eigenvalue weighted by Crippen LogP contribution is -2.27. The lowest BCUT2D eigenvalue weighted by atomic mass is 10.1. The molecule has 0 spiro atoms. The quantitative estimate of drug-likeness (QED) is 0.461. The Morgan fingerprint density at radius 1 is 0.900 bits per heavy atom. The van der Waals surface area contributed by atoms with Gasteiger partial charge in [0.05, 0.1) is 37.5 Å². The Labute approximate surface area is 175 Å². The Kier molecular flexibility index (Phi) is 7.29. The number of halogens is 1. The summed E-state index contributed by atoms with van der Waals surface area (Å²) in [6.45, 7) is 6.59. The predicted molar refractivity (Wildman–Crippen MR) is 114 cm³/mol. The maximum atomic E-state index is 12.9. The van der Waals surface area contributed by atoms with Crippen LogP contribution >= 0.6 is 0 Å². The van der Waals surface area contributed by atoms with E-state index in [2.05, 4.69) is 0 Å². The molecule has 0 unspecified atom stereocenters. The molecule has 0 radical (unpaired) electrons. The van der Waals surface area contributed by atoms with E-state index in [1.165, 1.54) is 0 Å². The van der Waals surface area contributed by atoms with Crippen LogP contribution in [-0.4, -0.2) is 56.0 Å². The molecule has 0 saturated carbocycles. The van der Waals surface area contributed by atoms with E-state index in [0.29, 0.717) is 32.2 Å². The van der Waals surface area contributed by atoms with E-state index in [1.807, 2.05) is 63.2 Å². The summed E-state index contributed by atoms with van der Waals surface area (Å²) in [5, 5.41) is 1.92. The molecular weight excluding hydrogens is 389 g/mol. The Morgan fingerprint density at radius 2 is 1.57 bits per heavy atom. The van der Waals surface area contributed by atoms with Crippen LogP contribution in [0, 0.1) is 0 Å². The molecule has 1 aromatic heterocycles. The summed E-state index contributed by atoms with van der Waals surface area (Å²) < 4.78 is 35.3. The molecular formula is C23H28FNO5. The second kappa shape index (κ2) is 9.91. The number of carbonyl (C=O) groups is 1. The molecule has 0 atom stereocenters. The lowest BCUT2D eigenvalue weighted by molar-refractivity contribution is 0.0325. The van der Waals surface area contributed by atoms with Gasteiger partial charge in [-0.15, -0.1) is 0 Å². The fraction of sp³-hybridized carbons (Fsp3) is 0.435. The summed E-state index contributed by atoms with van der Waals surface area (Å²) in [6.07, 6.45) is -0.428. The number of aromatic nitrogens is 1. The average Bonchev–Trinajstić information content (AvgIpc) is 3.02. The fourth-order valence-electron chi connectivity index (χ4n) is 3.14. The first-order chi connectivity index (χ1) is 14.4. The van der Waals surface area contributed by atoms with Gasteiger partial charge in [0.1, 0.15) is 24.6 Å². The number of rotatable bonds is 9. The summed E-state index contributed by atoms with van der Waals surface area (Å²) in [5.74, 6) is 0.632. The van der Waals surface area contributed by atoms with E-state index in [1.54, 1.807) is 4.57 Å². The monoisotopic (exact) mass is 417 g/mol. The molecule has 162 valence electrons. The van der Waals surface area contributed by atoms with Crippen molar-refractivity contribution < 1.29 is 28.1 Å². The average molecular weight is 417 g/mol. The number of para-hydroxylation sites is 1. The largest absolute Gasteiger partial charge is 0.491 e.